The summed E-state index contributed by atoms with van der Waals surface area (Å²) in [5.41, 5.74) is 1.79. The highest BCUT2D eigenvalue weighted by atomic mass is 79.9. The van der Waals surface area contributed by atoms with Gasteiger partial charge in [0.2, 0.25) is 11.8 Å². The van der Waals surface area contributed by atoms with Crippen LogP contribution in [-0.4, -0.2) is 35.1 Å². The average molecular weight is 546 g/mol. The van der Waals surface area contributed by atoms with E-state index in [1.54, 1.807) is 23.1 Å². The molecule has 31 heavy (non-hydrogen) atoms. The van der Waals surface area contributed by atoms with Gasteiger partial charge in [0.25, 0.3) is 0 Å². The third kappa shape index (κ3) is 8.01. The molecule has 0 unspecified atom stereocenters. The lowest BCUT2D eigenvalue weighted by Crippen LogP contribution is -2.49. The number of thioether (sulfide) groups is 1. The zero-order valence-corrected chi connectivity index (χ0v) is 21.6. The van der Waals surface area contributed by atoms with Crippen LogP contribution in [0.2, 0.25) is 10.0 Å². The van der Waals surface area contributed by atoms with E-state index in [-0.39, 0.29) is 24.1 Å². The molecule has 8 heteroatoms. The van der Waals surface area contributed by atoms with Gasteiger partial charge >= 0.3 is 0 Å². The topological polar surface area (TPSA) is 49.4 Å². The molecule has 0 heterocycles. The Bertz CT molecular complexity index is 860. The van der Waals surface area contributed by atoms with Crippen LogP contribution in [0.3, 0.4) is 0 Å². The number of carbonyl (C=O) groups is 2. The van der Waals surface area contributed by atoms with E-state index in [2.05, 4.69) is 21.2 Å². The summed E-state index contributed by atoms with van der Waals surface area (Å²) >= 11 is 17.7. The Hall–Kier alpha value is -1.21. The van der Waals surface area contributed by atoms with Crippen molar-refractivity contribution in [3.05, 3.63) is 68.1 Å². The van der Waals surface area contributed by atoms with Crippen molar-refractivity contribution < 1.29 is 9.59 Å². The molecular weight excluding hydrogens is 519 g/mol. The maximum absolute atomic E-state index is 13.2. The van der Waals surface area contributed by atoms with Gasteiger partial charge in [-0.25, -0.2) is 0 Å². The van der Waals surface area contributed by atoms with Crippen molar-refractivity contribution in [2.24, 2.45) is 0 Å². The summed E-state index contributed by atoms with van der Waals surface area (Å²) in [7, 11) is 0. The average Bonchev–Trinajstić information content (AvgIpc) is 2.75. The lowest BCUT2D eigenvalue weighted by Gasteiger charge is -2.31. The monoisotopic (exact) mass is 544 g/mol. The Labute approximate surface area is 207 Å². The normalized spacial score (nSPS) is 11.8. The van der Waals surface area contributed by atoms with E-state index in [1.807, 2.05) is 38.1 Å². The van der Waals surface area contributed by atoms with Crippen molar-refractivity contribution in [2.75, 3.05) is 12.3 Å². The number of nitrogens with zero attached hydrogens (tertiary/aromatic N) is 1. The van der Waals surface area contributed by atoms with Crippen LogP contribution in [0.25, 0.3) is 0 Å². The zero-order chi connectivity index (χ0) is 22.8. The predicted molar refractivity (Wildman–Crippen MR) is 135 cm³/mol. The number of hydrogen-bond acceptors (Lipinski definition) is 3. The summed E-state index contributed by atoms with van der Waals surface area (Å²) in [4.78, 5) is 27.6. The first-order chi connectivity index (χ1) is 14.9. The van der Waals surface area contributed by atoms with Crippen LogP contribution in [0.15, 0.2) is 46.9 Å². The molecular formula is C23H27BrCl2N2O2S. The molecule has 2 aromatic rings. The molecule has 2 rings (SSSR count). The molecule has 1 N–H and O–H groups in total. The van der Waals surface area contributed by atoms with Crippen LogP contribution < -0.4 is 5.32 Å². The van der Waals surface area contributed by atoms with E-state index in [0.29, 0.717) is 34.3 Å². The molecule has 0 fully saturated rings. The molecule has 4 nitrogen and oxygen atoms in total. The summed E-state index contributed by atoms with van der Waals surface area (Å²) in [6, 6.07) is 12.7. The van der Waals surface area contributed by atoms with E-state index in [9.17, 15) is 9.59 Å². The molecule has 2 amide bonds. The molecule has 0 aromatic heterocycles. The molecule has 0 radical (unpaired) electrons. The lowest BCUT2D eigenvalue weighted by molar-refractivity contribution is -0.139. The van der Waals surface area contributed by atoms with Crippen molar-refractivity contribution in [1.29, 1.82) is 0 Å². The third-order valence-corrected chi connectivity index (χ3v) is 6.96. The number of halogens is 3. The molecule has 0 aliphatic carbocycles. The van der Waals surface area contributed by atoms with Gasteiger partial charge in [-0.1, -0.05) is 71.2 Å². The first-order valence-electron chi connectivity index (χ1n) is 10.2. The second-order valence-corrected chi connectivity index (χ2v) is 9.77. The Balaban J connectivity index is 2.17. The standard InChI is InChI=1S/C23H27BrCl2N2O2S/c1-3-12-27-23(30)21(4-2)28(13-18-19(25)6-5-7-20(18)26)22(29)15-31-14-16-8-10-17(24)11-9-16/h5-11,21H,3-4,12-15H2,1-2H3,(H,27,30)/t21-/m0/s1. The Morgan fingerprint density at radius 2 is 1.74 bits per heavy atom. The van der Waals surface area contributed by atoms with Gasteiger partial charge in [-0.05, 0) is 42.7 Å². The fourth-order valence-corrected chi connectivity index (χ4v) is 4.71. The smallest absolute Gasteiger partial charge is 0.242 e. The summed E-state index contributed by atoms with van der Waals surface area (Å²) in [5.74, 6) is 0.698. The number of nitrogens with one attached hydrogen (secondary N) is 1. The molecule has 0 bridgehead atoms. The van der Waals surface area contributed by atoms with Gasteiger partial charge in [0.05, 0.1) is 5.75 Å². The highest BCUT2D eigenvalue weighted by Gasteiger charge is 2.29. The zero-order valence-electron chi connectivity index (χ0n) is 17.7. The first kappa shape index (κ1) is 26.0. The van der Waals surface area contributed by atoms with Gasteiger partial charge in [-0.15, -0.1) is 11.8 Å². The molecule has 2 aromatic carbocycles. The van der Waals surface area contributed by atoms with Crippen LogP contribution in [0.4, 0.5) is 0 Å². The Kier molecular flexibility index (Phi) is 11.2. The summed E-state index contributed by atoms with van der Waals surface area (Å²) in [5, 5.41) is 3.88. The second kappa shape index (κ2) is 13.4. The summed E-state index contributed by atoms with van der Waals surface area (Å²) in [6.07, 6.45) is 1.33. The van der Waals surface area contributed by atoms with Gasteiger partial charge in [0.1, 0.15) is 6.04 Å². The van der Waals surface area contributed by atoms with Crippen molar-refractivity contribution >= 4 is 62.7 Å². The first-order valence-corrected chi connectivity index (χ1v) is 12.9. The fourth-order valence-electron chi connectivity index (χ4n) is 3.06. The molecule has 0 saturated carbocycles. The minimum Gasteiger partial charge on any atom is -0.354 e. The number of rotatable bonds is 11. The van der Waals surface area contributed by atoms with Crippen molar-refractivity contribution in [3.8, 4) is 0 Å². The third-order valence-electron chi connectivity index (χ3n) is 4.73. The highest BCUT2D eigenvalue weighted by Crippen LogP contribution is 2.27. The summed E-state index contributed by atoms with van der Waals surface area (Å²) < 4.78 is 1.02. The van der Waals surface area contributed by atoms with E-state index in [4.69, 9.17) is 23.2 Å². The Morgan fingerprint density at radius 3 is 2.32 bits per heavy atom. The van der Waals surface area contributed by atoms with Crippen LogP contribution in [0, 0.1) is 0 Å². The van der Waals surface area contributed by atoms with Crippen LogP contribution in [-0.2, 0) is 21.9 Å². The Morgan fingerprint density at radius 1 is 1.10 bits per heavy atom. The van der Waals surface area contributed by atoms with Crippen molar-refractivity contribution in [1.82, 2.24) is 10.2 Å². The molecule has 1 atom stereocenters. The van der Waals surface area contributed by atoms with E-state index in [1.165, 1.54) is 11.8 Å². The van der Waals surface area contributed by atoms with Gasteiger partial charge in [0, 0.05) is 38.9 Å². The largest absolute Gasteiger partial charge is 0.354 e. The lowest BCUT2D eigenvalue weighted by atomic mass is 10.1. The van der Waals surface area contributed by atoms with Crippen molar-refractivity contribution in [3.63, 3.8) is 0 Å². The van der Waals surface area contributed by atoms with E-state index in [0.717, 1.165) is 16.5 Å². The maximum atomic E-state index is 13.2. The van der Waals surface area contributed by atoms with Crippen LogP contribution in [0.1, 0.15) is 37.8 Å². The minimum atomic E-state index is -0.584. The van der Waals surface area contributed by atoms with Gasteiger partial charge in [0.15, 0.2) is 0 Å². The summed E-state index contributed by atoms with van der Waals surface area (Å²) in [6.45, 7) is 4.66. The van der Waals surface area contributed by atoms with E-state index >= 15 is 0 Å². The molecule has 0 spiro atoms. The minimum absolute atomic E-state index is 0.114. The second-order valence-electron chi connectivity index (χ2n) is 7.06. The van der Waals surface area contributed by atoms with Gasteiger partial charge in [-0.2, -0.15) is 0 Å². The number of carbonyl (C=O) groups excluding carboxylic acids is 2. The maximum Gasteiger partial charge on any atom is 0.242 e. The highest BCUT2D eigenvalue weighted by molar-refractivity contribution is 9.10. The number of amides is 2. The van der Waals surface area contributed by atoms with Crippen LogP contribution in [0.5, 0.6) is 0 Å². The quantitative estimate of drug-likeness (QED) is 0.359. The fraction of sp³-hybridized carbons (Fsp3) is 0.391. The number of benzene rings is 2. The van der Waals surface area contributed by atoms with E-state index < -0.39 is 6.04 Å². The van der Waals surface area contributed by atoms with Gasteiger partial charge in [-0.3, -0.25) is 9.59 Å². The molecule has 168 valence electrons. The van der Waals surface area contributed by atoms with Crippen LogP contribution >= 0.6 is 50.9 Å². The molecule has 0 saturated heterocycles. The van der Waals surface area contributed by atoms with Gasteiger partial charge < -0.3 is 10.2 Å². The number of hydrogen-bond donors (Lipinski definition) is 1. The molecule has 0 aliphatic heterocycles. The predicted octanol–water partition coefficient (Wildman–Crippen LogP) is 6.32. The van der Waals surface area contributed by atoms with Crippen molar-refractivity contribution in [2.45, 2.75) is 45.0 Å². The SMILES string of the molecule is CCCNC(=O)[C@H](CC)N(Cc1c(Cl)cccc1Cl)C(=O)CSCc1ccc(Br)cc1. The molecule has 0 aliphatic rings.